The van der Waals surface area contributed by atoms with Crippen LogP contribution in [0.2, 0.25) is 0 Å². The van der Waals surface area contributed by atoms with Crippen LogP contribution >= 0.6 is 0 Å². The van der Waals surface area contributed by atoms with Crippen LogP contribution in [0.25, 0.3) is 0 Å². The zero-order valence-corrected chi connectivity index (χ0v) is 9.16. The molecule has 0 saturated carbocycles. The summed E-state index contributed by atoms with van der Waals surface area (Å²) in [6.07, 6.45) is 2.15. The Morgan fingerprint density at radius 2 is 2.14 bits per heavy atom. The Morgan fingerprint density at radius 3 is 2.64 bits per heavy atom. The average molecular weight is 203 g/mol. The van der Waals surface area contributed by atoms with Gasteiger partial charge >= 0.3 is 0 Å². The number of carbonyl (C=O) groups is 1. The average Bonchev–Trinajstić information content (AvgIpc) is 2.15. The fourth-order valence-electron chi connectivity index (χ4n) is 1.25. The van der Waals surface area contributed by atoms with E-state index in [1.54, 1.807) is 0 Å². The molecule has 14 heavy (non-hydrogen) atoms. The minimum atomic E-state index is 0.0667. The van der Waals surface area contributed by atoms with Gasteiger partial charge in [-0.3, -0.25) is 9.69 Å². The van der Waals surface area contributed by atoms with E-state index in [1.807, 2.05) is 4.90 Å². The summed E-state index contributed by atoms with van der Waals surface area (Å²) < 4.78 is 4.75. The number of carbonyl (C=O) groups excluding carboxylic acids is 1. The van der Waals surface area contributed by atoms with E-state index in [-0.39, 0.29) is 19.0 Å². The lowest BCUT2D eigenvalue weighted by molar-refractivity contribution is -0.123. The van der Waals surface area contributed by atoms with Crippen molar-refractivity contribution in [3.8, 4) is 0 Å². The second-order valence-corrected chi connectivity index (χ2v) is 3.32. The van der Waals surface area contributed by atoms with E-state index >= 15 is 0 Å². The number of methoxy groups -OCH3 is 1. The Bertz CT molecular complexity index is 150. The van der Waals surface area contributed by atoms with Crippen LogP contribution in [-0.4, -0.2) is 55.7 Å². The van der Waals surface area contributed by atoms with Crippen LogP contribution in [0.1, 0.15) is 19.8 Å². The van der Waals surface area contributed by atoms with Gasteiger partial charge in [-0.25, -0.2) is 0 Å². The number of unbranched alkanes of at least 4 members (excludes halogenated alkanes) is 1. The molecule has 0 unspecified atom stereocenters. The number of hydrogen-bond donors (Lipinski definition) is 1. The number of hydrogen-bond acceptors (Lipinski definition) is 4. The molecule has 0 bridgehead atoms. The van der Waals surface area contributed by atoms with Crippen molar-refractivity contribution in [2.24, 2.45) is 0 Å². The Labute approximate surface area is 85.9 Å². The molecular formula is C10H21NO3. The lowest BCUT2D eigenvalue weighted by Gasteiger charge is -2.19. The van der Waals surface area contributed by atoms with Crippen LogP contribution in [0.5, 0.6) is 0 Å². The molecule has 0 spiro atoms. The summed E-state index contributed by atoms with van der Waals surface area (Å²) >= 11 is 0. The molecule has 0 rings (SSSR count). The standard InChI is InChI=1S/C10H21NO3/c1-3-4-5-11(6-7-12)8-10(13)9-14-2/h12H,3-9H2,1-2H3. The lowest BCUT2D eigenvalue weighted by atomic mass is 10.3. The van der Waals surface area contributed by atoms with Crippen LogP contribution < -0.4 is 0 Å². The largest absolute Gasteiger partial charge is 0.395 e. The summed E-state index contributed by atoms with van der Waals surface area (Å²) in [6.45, 7) is 4.18. The van der Waals surface area contributed by atoms with Gasteiger partial charge in [0, 0.05) is 13.7 Å². The fraction of sp³-hybridized carbons (Fsp3) is 0.900. The second kappa shape index (κ2) is 9.12. The van der Waals surface area contributed by atoms with Gasteiger partial charge in [0.1, 0.15) is 6.61 Å². The highest BCUT2D eigenvalue weighted by atomic mass is 16.5. The Hall–Kier alpha value is -0.450. The summed E-state index contributed by atoms with van der Waals surface area (Å²) in [5.41, 5.74) is 0. The maximum absolute atomic E-state index is 11.2. The Kier molecular flexibility index (Phi) is 8.83. The number of rotatable bonds is 9. The molecule has 0 amide bonds. The monoisotopic (exact) mass is 203 g/mol. The number of Topliss-reactive ketones (excluding diaryl/α,β-unsaturated/α-hetero) is 1. The van der Waals surface area contributed by atoms with Gasteiger partial charge in [-0.1, -0.05) is 13.3 Å². The molecular weight excluding hydrogens is 182 g/mol. The van der Waals surface area contributed by atoms with Crippen molar-refractivity contribution in [2.75, 3.05) is 40.0 Å². The second-order valence-electron chi connectivity index (χ2n) is 3.32. The highest BCUT2D eigenvalue weighted by molar-refractivity contribution is 5.81. The zero-order chi connectivity index (χ0) is 10.8. The first-order chi connectivity index (χ1) is 6.74. The van der Waals surface area contributed by atoms with E-state index in [4.69, 9.17) is 9.84 Å². The molecule has 0 aliphatic rings. The molecule has 0 aliphatic heterocycles. The molecule has 0 aromatic rings. The molecule has 4 nitrogen and oxygen atoms in total. The van der Waals surface area contributed by atoms with Gasteiger partial charge in [0.25, 0.3) is 0 Å². The molecule has 0 aromatic carbocycles. The lowest BCUT2D eigenvalue weighted by Crippen LogP contribution is -2.34. The summed E-state index contributed by atoms with van der Waals surface area (Å²) in [5, 5.41) is 8.79. The van der Waals surface area contributed by atoms with Gasteiger partial charge in [-0.05, 0) is 13.0 Å². The predicted molar refractivity (Wildman–Crippen MR) is 55.3 cm³/mol. The van der Waals surface area contributed by atoms with Gasteiger partial charge in [0.2, 0.25) is 0 Å². The Balaban J connectivity index is 3.75. The molecule has 0 radical (unpaired) electrons. The van der Waals surface area contributed by atoms with Gasteiger partial charge in [-0.2, -0.15) is 0 Å². The minimum Gasteiger partial charge on any atom is -0.395 e. The SMILES string of the molecule is CCCCN(CCO)CC(=O)COC. The van der Waals surface area contributed by atoms with E-state index in [0.717, 1.165) is 19.4 Å². The number of nitrogens with zero attached hydrogens (tertiary/aromatic N) is 1. The first kappa shape index (κ1) is 13.5. The van der Waals surface area contributed by atoms with Crippen LogP contribution in [-0.2, 0) is 9.53 Å². The van der Waals surface area contributed by atoms with Crippen LogP contribution in [0.3, 0.4) is 0 Å². The van der Waals surface area contributed by atoms with Crippen molar-refractivity contribution in [2.45, 2.75) is 19.8 Å². The molecule has 84 valence electrons. The van der Waals surface area contributed by atoms with Crippen molar-refractivity contribution >= 4 is 5.78 Å². The van der Waals surface area contributed by atoms with E-state index in [9.17, 15) is 4.79 Å². The highest BCUT2D eigenvalue weighted by Crippen LogP contribution is 1.95. The smallest absolute Gasteiger partial charge is 0.172 e. The van der Waals surface area contributed by atoms with Gasteiger partial charge < -0.3 is 9.84 Å². The van der Waals surface area contributed by atoms with Gasteiger partial charge in [0.15, 0.2) is 5.78 Å². The molecule has 0 fully saturated rings. The maximum Gasteiger partial charge on any atom is 0.172 e. The van der Waals surface area contributed by atoms with Crippen molar-refractivity contribution in [3.05, 3.63) is 0 Å². The van der Waals surface area contributed by atoms with E-state index < -0.39 is 0 Å². The highest BCUT2D eigenvalue weighted by Gasteiger charge is 2.09. The van der Waals surface area contributed by atoms with E-state index in [0.29, 0.717) is 13.1 Å². The normalized spacial score (nSPS) is 10.9. The summed E-state index contributed by atoms with van der Waals surface area (Å²) in [4.78, 5) is 13.2. The van der Waals surface area contributed by atoms with Crippen molar-refractivity contribution in [3.63, 3.8) is 0 Å². The summed E-state index contributed by atoms with van der Waals surface area (Å²) in [5.74, 6) is 0.0667. The van der Waals surface area contributed by atoms with Crippen molar-refractivity contribution < 1.29 is 14.6 Å². The Morgan fingerprint density at radius 1 is 1.43 bits per heavy atom. The third-order valence-electron chi connectivity index (χ3n) is 1.95. The number of ketones is 1. The molecule has 0 atom stereocenters. The third kappa shape index (κ3) is 7.00. The van der Waals surface area contributed by atoms with Crippen molar-refractivity contribution in [1.29, 1.82) is 0 Å². The third-order valence-corrected chi connectivity index (χ3v) is 1.95. The summed E-state index contributed by atoms with van der Waals surface area (Å²) in [7, 11) is 1.51. The number of aliphatic hydroxyl groups is 1. The van der Waals surface area contributed by atoms with Crippen molar-refractivity contribution in [1.82, 2.24) is 4.90 Å². The maximum atomic E-state index is 11.2. The fourth-order valence-corrected chi connectivity index (χ4v) is 1.25. The predicted octanol–water partition coefficient (Wildman–Crippen LogP) is 0.296. The van der Waals surface area contributed by atoms with Crippen LogP contribution in [0.4, 0.5) is 0 Å². The van der Waals surface area contributed by atoms with E-state index in [2.05, 4.69) is 6.92 Å². The molecule has 4 heteroatoms. The van der Waals surface area contributed by atoms with Crippen LogP contribution in [0.15, 0.2) is 0 Å². The molecule has 0 saturated heterocycles. The quantitative estimate of drug-likeness (QED) is 0.585. The topological polar surface area (TPSA) is 49.8 Å². The minimum absolute atomic E-state index is 0.0667. The molecule has 0 heterocycles. The van der Waals surface area contributed by atoms with E-state index in [1.165, 1.54) is 7.11 Å². The summed E-state index contributed by atoms with van der Waals surface area (Å²) in [6, 6.07) is 0. The van der Waals surface area contributed by atoms with Crippen LogP contribution in [0, 0.1) is 0 Å². The zero-order valence-electron chi connectivity index (χ0n) is 9.16. The van der Waals surface area contributed by atoms with Gasteiger partial charge in [-0.15, -0.1) is 0 Å². The number of ether oxygens (including phenoxy) is 1. The molecule has 1 N–H and O–H groups in total. The number of aliphatic hydroxyl groups excluding tert-OH is 1. The molecule has 0 aromatic heterocycles. The first-order valence-corrected chi connectivity index (χ1v) is 5.08. The molecule has 0 aliphatic carbocycles. The first-order valence-electron chi connectivity index (χ1n) is 5.08. The van der Waals surface area contributed by atoms with Gasteiger partial charge in [0.05, 0.1) is 13.2 Å².